The van der Waals surface area contributed by atoms with E-state index in [9.17, 15) is 14.9 Å². The normalized spacial score (nSPS) is 15.2. The van der Waals surface area contributed by atoms with Crippen LogP contribution < -0.4 is 14.8 Å². The molecule has 1 saturated heterocycles. The van der Waals surface area contributed by atoms with Gasteiger partial charge < -0.3 is 14.8 Å². The Morgan fingerprint density at radius 3 is 2.50 bits per heavy atom. The fourth-order valence-corrected chi connectivity index (χ4v) is 3.65. The second-order valence-electron chi connectivity index (χ2n) is 7.20. The van der Waals surface area contributed by atoms with E-state index >= 15 is 0 Å². The number of nitrogens with one attached hydrogen (secondary N) is 1. The van der Waals surface area contributed by atoms with Crippen molar-refractivity contribution in [2.45, 2.75) is 25.3 Å². The van der Waals surface area contributed by atoms with Crippen LogP contribution in [0.1, 0.15) is 30.9 Å². The summed E-state index contributed by atoms with van der Waals surface area (Å²) in [4.78, 5) is 25.3. The van der Waals surface area contributed by atoms with Gasteiger partial charge in [0, 0.05) is 12.6 Å². The maximum Gasteiger partial charge on any atom is 0.310 e. The first kappa shape index (κ1) is 21.6. The molecule has 2 aromatic rings. The SMILES string of the molecule is COc1ccc(C(CNC(=O)COc2ccccc2[N+](=O)[O-])N2CCCCC2)cc1. The maximum atomic E-state index is 12.4. The van der Waals surface area contributed by atoms with Crippen LogP contribution in [0.5, 0.6) is 11.5 Å². The van der Waals surface area contributed by atoms with Gasteiger partial charge in [-0.25, -0.2) is 0 Å². The zero-order chi connectivity index (χ0) is 21.3. The van der Waals surface area contributed by atoms with Crippen molar-refractivity contribution in [3.05, 3.63) is 64.2 Å². The number of nitrogens with zero attached hydrogens (tertiary/aromatic N) is 2. The van der Waals surface area contributed by atoms with Crippen molar-refractivity contribution in [1.29, 1.82) is 0 Å². The third kappa shape index (κ3) is 5.70. The lowest BCUT2D eigenvalue weighted by Crippen LogP contribution is -2.41. The first-order chi connectivity index (χ1) is 14.6. The molecule has 1 atom stereocenters. The van der Waals surface area contributed by atoms with Gasteiger partial charge in [0.1, 0.15) is 5.75 Å². The molecule has 1 heterocycles. The number of hydrogen-bond acceptors (Lipinski definition) is 6. The average molecular weight is 413 g/mol. The first-order valence-electron chi connectivity index (χ1n) is 10.1. The van der Waals surface area contributed by atoms with E-state index in [1.807, 2.05) is 24.3 Å². The van der Waals surface area contributed by atoms with Gasteiger partial charge in [-0.3, -0.25) is 19.8 Å². The summed E-state index contributed by atoms with van der Waals surface area (Å²) in [6.07, 6.45) is 3.50. The number of hydrogen-bond donors (Lipinski definition) is 1. The summed E-state index contributed by atoms with van der Waals surface area (Å²) < 4.78 is 10.6. The van der Waals surface area contributed by atoms with Crippen molar-refractivity contribution in [3.8, 4) is 11.5 Å². The number of methoxy groups -OCH3 is 1. The molecule has 1 aliphatic heterocycles. The van der Waals surface area contributed by atoms with Crippen LogP contribution >= 0.6 is 0 Å². The minimum Gasteiger partial charge on any atom is -0.497 e. The molecule has 8 nitrogen and oxygen atoms in total. The lowest BCUT2D eigenvalue weighted by Gasteiger charge is -2.35. The molecule has 0 aromatic heterocycles. The van der Waals surface area contributed by atoms with Crippen LogP contribution in [0.2, 0.25) is 0 Å². The van der Waals surface area contributed by atoms with Gasteiger partial charge in [-0.2, -0.15) is 0 Å². The molecule has 30 heavy (non-hydrogen) atoms. The zero-order valence-corrected chi connectivity index (χ0v) is 17.1. The van der Waals surface area contributed by atoms with Crippen molar-refractivity contribution in [2.75, 3.05) is 33.4 Å². The van der Waals surface area contributed by atoms with E-state index in [1.165, 1.54) is 18.6 Å². The number of carbonyl (C=O) groups excluding carboxylic acids is 1. The number of ether oxygens (including phenoxy) is 2. The predicted octanol–water partition coefficient (Wildman–Crippen LogP) is 3.33. The molecule has 1 unspecified atom stereocenters. The van der Waals surface area contributed by atoms with Gasteiger partial charge in [0.25, 0.3) is 5.91 Å². The summed E-state index contributed by atoms with van der Waals surface area (Å²) in [5.41, 5.74) is 0.951. The van der Waals surface area contributed by atoms with Crippen LogP contribution in [0, 0.1) is 10.1 Å². The second kappa shape index (κ2) is 10.6. The molecule has 0 radical (unpaired) electrons. The number of carbonyl (C=O) groups is 1. The zero-order valence-electron chi connectivity index (χ0n) is 17.1. The second-order valence-corrected chi connectivity index (χ2v) is 7.20. The van der Waals surface area contributed by atoms with Crippen LogP contribution in [0.15, 0.2) is 48.5 Å². The van der Waals surface area contributed by atoms with Gasteiger partial charge in [0.15, 0.2) is 12.4 Å². The largest absolute Gasteiger partial charge is 0.497 e. The molecule has 2 aromatic carbocycles. The monoisotopic (exact) mass is 413 g/mol. The van der Waals surface area contributed by atoms with E-state index in [1.54, 1.807) is 19.2 Å². The molecule has 0 aliphatic carbocycles. The topological polar surface area (TPSA) is 93.9 Å². The highest BCUT2D eigenvalue weighted by atomic mass is 16.6. The van der Waals surface area contributed by atoms with Crippen molar-refractivity contribution in [1.82, 2.24) is 10.2 Å². The van der Waals surface area contributed by atoms with Crippen LogP contribution in [-0.2, 0) is 4.79 Å². The predicted molar refractivity (Wildman–Crippen MR) is 113 cm³/mol. The number of nitro benzene ring substituents is 1. The molecular formula is C22H27N3O5. The lowest BCUT2D eigenvalue weighted by molar-refractivity contribution is -0.385. The van der Waals surface area contributed by atoms with Gasteiger partial charge in [-0.05, 0) is 49.7 Å². The Labute approximate surface area is 175 Å². The van der Waals surface area contributed by atoms with Gasteiger partial charge in [-0.1, -0.05) is 30.7 Å². The summed E-state index contributed by atoms with van der Waals surface area (Å²) in [5.74, 6) is 0.557. The van der Waals surface area contributed by atoms with Crippen molar-refractivity contribution in [3.63, 3.8) is 0 Å². The molecule has 160 valence electrons. The Morgan fingerprint density at radius 1 is 1.13 bits per heavy atom. The molecule has 1 N–H and O–H groups in total. The van der Waals surface area contributed by atoms with E-state index in [0.29, 0.717) is 6.54 Å². The molecule has 1 fully saturated rings. The van der Waals surface area contributed by atoms with Crippen LogP contribution in [0.25, 0.3) is 0 Å². The van der Waals surface area contributed by atoms with E-state index in [4.69, 9.17) is 9.47 Å². The molecule has 0 saturated carbocycles. The summed E-state index contributed by atoms with van der Waals surface area (Å²) in [6, 6.07) is 14.0. The number of nitro groups is 1. The fourth-order valence-electron chi connectivity index (χ4n) is 3.65. The molecule has 0 spiro atoms. The van der Waals surface area contributed by atoms with E-state index in [-0.39, 0.29) is 30.0 Å². The maximum absolute atomic E-state index is 12.4. The van der Waals surface area contributed by atoms with E-state index in [0.717, 1.165) is 37.2 Å². The Hall–Kier alpha value is -3.13. The van der Waals surface area contributed by atoms with Crippen LogP contribution in [-0.4, -0.2) is 49.1 Å². The highest BCUT2D eigenvalue weighted by molar-refractivity contribution is 5.77. The highest BCUT2D eigenvalue weighted by Gasteiger charge is 2.23. The first-order valence-corrected chi connectivity index (χ1v) is 10.1. The van der Waals surface area contributed by atoms with Gasteiger partial charge in [-0.15, -0.1) is 0 Å². The van der Waals surface area contributed by atoms with Crippen molar-refractivity contribution >= 4 is 11.6 Å². The number of para-hydroxylation sites is 2. The number of likely N-dealkylation sites (tertiary alicyclic amines) is 1. The summed E-state index contributed by atoms with van der Waals surface area (Å²) in [6.45, 7) is 2.13. The molecule has 3 rings (SSSR count). The third-order valence-electron chi connectivity index (χ3n) is 5.25. The Bertz CT molecular complexity index is 850. The number of piperidine rings is 1. The summed E-state index contributed by atoms with van der Waals surface area (Å²) in [7, 11) is 1.63. The average Bonchev–Trinajstić information content (AvgIpc) is 2.79. The number of rotatable bonds is 9. The van der Waals surface area contributed by atoms with Gasteiger partial charge in [0.2, 0.25) is 0 Å². The number of amides is 1. The fraction of sp³-hybridized carbons (Fsp3) is 0.409. The molecule has 1 amide bonds. The van der Waals surface area contributed by atoms with Crippen LogP contribution in [0.3, 0.4) is 0 Å². The minimum absolute atomic E-state index is 0.0474. The third-order valence-corrected chi connectivity index (χ3v) is 5.25. The van der Waals surface area contributed by atoms with E-state index < -0.39 is 4.92 Å². The molecular weight excluding hydrogens is 386 g/mol. The molecule has 0 bridgehead atoms. The lowest BCUT2D eigenvalue weighted by atomic mass is 10.0. The smallest absolute Gasteiger partial charge is 0.310 e. The summed E-state index contributed by atoms with van der Waals surface area (Å²) >= 11 is 0. The molecule has 8 heteroatoms. The Morgan fingerprint density at radius 2 is 1.83 bits per heavy atom. The standard InChI is InChI=1S/C22H27N3O5/c1-29-18-11-9-17(10-12-18)20(24-13-5-2-6-14-24)15-23-22(26)16-30-21-8-4-3-7-19(21)25(27)28/h3-4,7-12,20H,2,5-6,13-16H2,1H3,(H,23,26). The van der Waals surface area contributed by atoms with Gasteiger partial charge >= 0.3 is 5.69 Å². The quantitative estimate of drug-likeness (QED) is 0.501. The van der Waals surface area contributed by atoms with E-state index in [2.05, 4.69) is 10.2 Å². The van der Waals surface area contributed by atoms with Crippen molar-refractivity contribution in [2.24, 2.45) is 0 Å². The Kier molecular flexibility index (Phi) is 7.62. The van der Waals surface area contributed by atoms with Crippen LogP contribution in [0.4, 0.5) is 5.69 Å². The van der Waals surface area contributed by atoms with Crippen molar-refractivity contribution < 1.29 is 19.2 Å². The minimum atomic E-state index is -0.525. The molecule has 1 aliphatic rings. The Balaban J connectivity index is 1.61. The highest BCUT2D eigenvalue weighted by Crippen LogP contribution is 2.27. The van der Waals surface area contributed by atoms with Gasteiger partial charge in [0.05, 0.1) is 18.1 Å². The summed E-state index contributed by atoms with van der Waals surface area (Å²) in [5, 5.41) is 14.0. The number of benzene rings is 2.